The smallest absolute Gasteiger partial charge is 0.216 e. The summed E-state index contributed by atoms with van der Waals surface area (Å²) in [7, 11) is 1.62. The van der Waals surface area contributed by atoms with Gasteiger partial charge in [0.1, 0.15) is 5.75 Å². The van der Waals surface area contributed by atoms with Crippen LogP contribution in [0.4, 0.5) is 0 Å². The molecule has 0 spiro atoms. The van der Waals surface area contributed by atoms with Crippen molar-refractivity contribution in [3.05, 3.63) is 57.5 Å². The van der Waals surface area contributed by atoms with E-state index in [9.17, 15) is 0 Å². The predicted octanol–water partition coefficient (Wildman–Crippen LogP) is 3.66. The normalized spacial score (nSPS) is 11.0. The summed E-state index contributed by atoms with van der Waals surface area (Å²) in [5.74, 6) is 1.39. The first-order valence-corrected chi connectivity index (χ1v) is 7.85. The minimum absolute atomic E-state index is 0.417. The molecule has 0 radical (unpaired) electrons. The van der Waals surface area contributed by atoms with Gasteiger partial charge in [0, 0.05) is 18.0 Å². The Morgan fingerprint density at radius 3 is 2.78 bits per heavy atom. The molecule has 0 fully saturated rings. The van der Waals surface area contributed by atoms with Crippen LogP contribution in [0, 0.1) is 4.77 Å². The van der Waals surface area contributed by atoms with Crippen LogP contribution in [-0.4, -0.2) is 33.2 Å². The lowest BCUT2D eigenvalue weighted by Crippen LogP contribution is -1.95. The van der Waals surface area contributed by atoms with Gasteiger partial charge in [-0.2, -0.15) is 14.9 Å². The molecular weight excluding hydrogens is 378 g/mol. The summed E-state index contributed by atoms with van der Waals surface area (Å²) < 4.78 is 8.06. The fraction of sp³-hybridized carbons (Fsp3) is 0.0667. The van der Waals surface area contributed by atoms with Crippen LogP contribution in [0.1, 0.15) is 5.56 Å². The van der Waals surface area contributed by atoms with Gasteiger partial charge < -0.3 is 4.74 Å². The first-order chi connectivity index (χ1) is 11.2. The molecule has 8 heteroatoms. The number of hydrogen-bond acceptors (Lipinski definition) is 5. The Hall–Kier alpha value is -2.32. The lowest BCUT2D eigenvalue weighted by Gasteiger charge is -2.03. The minimum atomic E-state index is 0.417. The zero-order valence-electron chi connectivity index (χ0n) is 12.1. The summed E-state index contributed by atoms with van der Waals surface area (Å²) >= 11 is 8.69. The van der Waals surface area contributed by atoms with Crippen LogP contribution in [0.2, 0.25) is 0 Å². The number of aromatic amines is 1. The molecule has 6 nitrogen and oxygen atoms in total. The monoisotopic (exact) mass is 389 g/mol. The maximum absolute atomic E-state index is 5.24. The second-order valence-electron chi connectivity index (χ2n) is 4.54. The van der Waals surface area contributed by atoms with Crippen molar-refractivity contribution < 1.29 is 4.74 Å². The second-order valence-corrected chi connectivity index (χ2v) is 5.78. The maximum atomic E-state index is 5.24. The Morgan fingerprint density at radius 1 is 1.30 bits per heavy atom. The van der Waals surface area contributed by atoms with Crippen molar-refractivity contribution in [2.75, 3.05) is 7.11 Å². The van der Waals surface area contributed by atoms with Crippen molar-refractivity contribution in [1.82, 2.24) is 19.9 Å². The lowest BCUT2D eigenvalue weighted by atomic mass is 10.2. The molecule has 3 rings (SSSR count). The van der Waals surface area contributed by atoms with Gasteiger partial charge in [0.05, 0.1) is 17.8 Å². The van der Waals surface area contributed by atoms with Crippen LogP contribution in [0.5, 0.6) is 5.75 Å². The van der Waals surface area contributed by atoms with E-state index in [1.54, 1.807) is 30.4 Å². The number of ether oxygens (including phenoxy) is 1. The summed E-state index contributed by atoms with van der Waals surface area (Å²) in [4.78, 5) is 4.00. The molecule has 1 aromatic carbocycles. The maximum Gasteiger partial charge on any atom is 0.216 e. The third-order valence-electron chi connectivity index (χ3n) is 3.09. The number of pyridine rings is 1. The molecule has 3 aromatic rings. The van der Waals surface area contributed by atoms with Gasteiger partial charge in [-0.05, 0) is 64.0 Å². The standard InChI is InChI=1S/C15H12BrN5OS/c1-22-13-3-2-10(8-12(13)16)9-18-21-14(19-20-15(21)23)11-4-6-17-7-5-11/h2-9H,1H3,(H,20,23)/b18-9+. The molecule has 2 heterocycles. The Bertz CT molecular complexity index is 904. The number of nitrogens with zero attached hydrogens (tertiary/aromatic N) is 4. The summed E-state index contributed by atoms with van der Waals surface area (Å²) in [5, 5.41) is 11.4. The first-order valence-electron chi connectivity index (χ1n) is 6.65. The zero-order chi connectivity index (χ0) is 16.2. The second kappa shape index (κ2) is 6.84. The molecule has 23 heavy (non-hydrogen) atoms. The molecule has 0 bridgehead atoms. The highest BCUT2D eigenvalue weighted by Crippen LogP contribution is 2.25. The quantitative estimate of drug-likeness (QED) is 0.546. The van der Waals surface area contributed by atoms with Crippen molar-refractivity contribution in [2.45, 2.75) is 0 Å². The number of hydrogen-bond donors (Lipinski definition) is 1. The van der Waals surface area contributed by atoms with Gasteiger partial charge in [-0.15, -0.1) is 0 Å². The van der Waals surface area contributed by atoms with Gasteiger partial charge in [-0.3, -0.25) is 4.98 Å². The third kappa shape index (κ3) is 3.38. The van der Waals surface area contributed by atoms with E-state index in [1.807, 2.05) is 30.3 Å². The largest absolute Gasteiger partial charge is 0.496 e. The molecule has 2 aromatic heterocycles. The van der Waals surface area contributed by atoms with Crippen LogP contribution in [0.25, 0.3) is 11.4 Å². The van der Waals surface area contributed by atoms with E-state index in [0.29, 0.717) is 10.6 Å². The number of nitrogens with one attached hydrogen (secondary N) is 1. The summed E-state index contributed by atoms with van der Waals surface area (Å²) in [6, 6.07) is 9.38. The molecule has 0 saturated heterocycles. The summed E-state index contributed by atoms with van der Waals surface area (Å²) in [5.41, 5.74) is 1.78. The van der Waals surface area contributed by atoms with E-state index in [4.69, 9.17) is 17.0 Å². The van der Waals surface area contributed by atoms with Crippen LogP contribution >= 0.6 is 28.1 Å². The molecule has 0 aliphatic carbocycles. The van der Waals surface area contributed by atoms with Gasteiger partial charge in [-0.25, -0.2) is 5.10 Å². The highest BCUT2D eigenvalue weighted by molar-refractivity contribution is 9.10. The SMILES string of the molecule is COc1ccc(/C=N/n2c(-c3ccncc3)n[nH]c2=S)cc1Br. The highest BCUT2D eigenvalue weighted by Gasteiger charge is 2.07. The number of halogens is 1. The molecule has 0 saturated carbocycles. The van der Waals surface area contributed by atoms with Crippen LogP contribution in [-0.2, 0) is 0 Å². The Labute approximate surface area is 146 Å². The number of methoxy groups -OCH3 is 1. The van der Waals surface area contributed by atoms with E-state index in [-0.39, 0.29) is 0 Å². The summed E-state index contributed by atoms with van der Waals surface area (Å²) in [6.45, 7) is 0. The molecule has 0 amide bonds. The fourth-order valence-electron chi connectivity index (χ4n) is 1.97. The first kappa shape index (κ1) is 15.6. The Morgan fingerprint density at radius 2 is 2.09 bits per heavy atom. The predicted molar refractivity (Wildman–Crippen MR) is 94.3 cm³/mol. The Balaban J connectivity index is 1.96. The Kier molecular flexibility index (Phi) is 4.63. The molecule has 0 atom stereocenters. The van der Waals surface area contributed by atoms with Crippen LogP contribution < -0.4 is 4.74 Å². The molecule has 116 valence electrons. The topological polar surface area (TPSA) is 68.1 Å². The number of aromatic nitrogens is 4. The van der Waals surface area contributed by atoms with Gasteiger partial charge >= 0.3 is 0 Å². The minimum Gasteiger partial charge on any atom is -0.496 e. The zero-order valence-corrected chi connectivity index (χ0v) is 14.5. The van der Waals surface area contributed by atoms with Crippen molar-refractivity contribution in [3.8, 4) is 17.1 Å². The number of benzene rings is 1. The van der Waals surface area contributed by atoms with Crippen LogP contribution in [0.3, 0.4) is 0 Å². The molecule has 0 aliphatic rings. The van der Waals surface area contributed by atoms with Crippen LogP contribution in [0.15, 0.2) is 52.3 Å². The number of H-pyrrole nitrogens is 1. The average Bonchev–Trinajstić information content (AvgIpc) is 2.94. The lowest BCUT2D eigenvalue weighted by molar-refractivity contribution is 0.412. The van der Waals surface area contributed by atoms with Crippen molar-refractivity contribution in [1.29, 1.82) is 0 Å². The summed E-state index contributed by atoms with van der Waals surface area (Å²) in [6.07, 6.45) is 5.10. The molecular formula is C15H12BrN5OS. The molecule has 0 aliphatic heterocycles. The number of rotatable bonds is 4. The molecule has 0 unspecified atom stereocenters. The van der Waals surface area contributed by atoms with E-state index in [1.165, 1.54) is 0 Å². The van der Waals surface area contributed by atoms with Gasteiger partial charge in [0.25, 0.3) is 0 Å². The van der Waals surface area contributed by atoms with Crippen molar-refractivity contribution in [2.24, 2.45) is 5.10 Å². The van der Waals surface area contributed by atoms with Gasteiger partial charge in [-0.1, -0.05) is 0 Å². The van der Waals surface area contributed by atoms with Crippen molar-refractivity contribution in [3.63, 3.8) is 0 Å². The average molecular weight is 390 g/mol. The van der Waals surface area contributed by atoms with Crippen molar-refractivity contribution >= 4 is 34.4 Å². The van der Waals surface area contributed by atoms with E-state index >= 15 is 0 Å². The van der Waals surface area contributed by atoms with E-state index in [0.717, 1.165) is 21.3 Å². The van der Waals surface area contributed by atoms with Gasteiger partial charge in [0.15, 0.2) is 5.82 Å². The van der Waals surface area contributed by atoms with Gasteiger partial charge in [0.2, 0.25) is 4.77 Å². The fourth-order valence-corrected chi connectivity index (χ4v) is 2.71. The van der Waals surface area contributed by atoms with E-state index < -0.39 is 0 Å². The highest BCUT2D eigenvalue weighted by atomic mass is 79.9. The third-order valence-corrected chi connectivity index (χ3v) is 3.97. The molecule has 1 N–H and O–H groups in total. The van der Waals surface area contributed by atoms with E-state index in [2.05, 4.69) is 36.2 Å².